The van der Waals surface area contributed by atoms with E-state index in [0.717, 1.165) is 6.26 Å². The molecule has 4 rings (SSSR count). The summed E-state index contributed by atoms with van der Waals surface area (Å²) in [6, 6.07) is 20.6. The van der Waals surface area contributed by atoms with E-state index in [1.165, 1.54) is 22.2 Å². The van der Waals surface area contributed by atoms with Crippen LogP contribution in [0.3, 0.4) is 0 Å². The second-order valence-corrected chi connectivity index (χ2v) is 10.0. The minimum absolute atomic E-state index is 0.0974. The van der Waals surface area contributed by atoms with Gasteiger partial charge in [-0.05, 0) is 55.0 Å². The lowest BCUT2D eigenvalue weighted by Crippen LogP contribution is -2.29. The molecule has 0 N–H and O–H groups in total. The Kier molecular flexibility index (Phi) is 7.12. The number of para-hydroxylation sites is 1. The molecule has 0 radical (unpaired) electrons. The van der Waals surface area contributed by atoms with Crippen molar-refractivity contribution in [3.63, 3.8) is 0 Å². The number of ether oxygens (including phenoxy) is 2. The molecule has 4 aromatic rings. The Labute approximate surface area is 209 Å². The van der Waals surface area contributed by atoms with Crippen LogP contribution in [0.1, 0.15) is 33.2 Å². The first-order valence-electron chi connectivity index (χ1n) is 11.3. The molecule has 0 atom stereocenters. The molecule has 186 valence electrons. The van der Waals surface area contributed by atoms with Crippen molar-refractivity contribution in [1.82, 2.24) is 4.57 Å². The number of hydrogen-bond donors (Lipinski definition) is 0. The fourth-order valence-corrected chi connectivity index (χ4v) is 4.84. The van der Waals surface area contributed by atoms with E-state index in [0.29, 0.717) is 45.6 Å². The average molecular weight is 507 g/mol. The van der Waals surface area contributed by atoms with Crippen molar-refractivity contribution >= 4 is 38.5 Å². The molecule has 0 fully saturated rings. The van der Waals surface area contributed by atoms with E-state index in [4.69, 9.17) is 9.47 Å². The number of nitrogens with zero attached hydrogens (tertiary/aromatic N) is 2. The summed E-state index contributed by atoms with van der Waals surface area (Å²) >= 11 is 0. The molecular weight excluding hydrogens is 480 g/mol. The average Bonchev–Trinajstić information content (AvgIpc) is 3.27. The second kappa shape index (κ2) is 10.2. The number of aromatic nitrogens is 1. The van der Waals surface area contributed by atoms with E-state index in [2.05, 4.69) is 0 Å². The molecule has 0 aliphatic rings. The van der Waals surface area contributed by atoms with Crippen LogP contribution in [0.15, 0.2) is 79.0 Å². The monoisotopic (exact) mass is 506 g/mol. The molecule has 9 heteroatoms. The zero-order chi connectivity index (χ0) is 25.9. The van der Waals surface area contributed by atoms with E-state index < -0.39 is 16.0 Å². The van der Waals surface area contributed by atoms with Gasteiger partial charge in [-0.3, -0.25) is 13.7 Å². The molecule has 1 aromatic heterocycles. The van der Waals surface area contributed by atoms with Crippen molar-refractivity contribution in [2.75, 3.05) is 24.3 Å². The van der Waals surface area contributed by atoms with E-state index in [-0.39, 0.29) is 12.5 Å². The molecule has 8 nitrogen and oxygen atoms in total. The van der Waals surface area contributed by atoms with Crippen LogP contribution in [-0.4, -0.2) is 44.8 Å². The summed E-state index contributed by atoms with van der Waals surface area (Å²) in [5.74, 6) is -0.187. The maximum atomic E-state index is 13.3. The second-order valence-electron chi connectivity index (χ2n) is 8.12. The standard InChI is InChI=1S/C27H26N2O6S/c1-4-35-22-15-13-21(14-16-22)29(36(3,32)33)17-19-9-11-20(12-10-19)26(30)28-18-24(27(31)34-2)23-7-5-6-8-25(23)28/h5-16,18H,4,17H2,1-3H3. The number of fused-ring (bicyclic) bond motifs is 1. The van der Waals surface area contributed by atoms with Crippen molar-refractivity contribution in [2.45, 2.75) is 13.5 Å². The topological polar surface area (TPSA) is 94.9 Å². The summed E-state index contributed by atoms with van der Waals surface area (Å²) in [7, 11) is -2.27. The van der Waals surface area contributed by atoms with E-state index >= 15 is 0 Å². The Hall–Kier alpha value is -4.11. The van der Waals surface area contributed by atoms with Crippen LogP contribution in [0, 0.1) is 0 Å². The largest absolute Gasteiger partial charge is 0.494 e. The van der Waals surface area contributed by atoms with Gasteiger partial charge in [0.05, 0.1) is 43.3 Å². The Balaban J connectivity index is 1.60. The highest BCUT2D eigenvalue weighted by Crippen LogP contribution is 2.25. The summed E-state index contributed by atoms with van der Waals surface area (Å²) in [6.45, 7) is 2.49. The molecule has 0 spiro atoms. The minimum atomic E-state index is -3.57. The molecule has 0 unspecified atom stereocenters. The van der Waals surface area contributed by atoms with Crippen LogP contribution in [0.4, 0.5) is 5.69 Å². The first kappa shape index (κ1) is 25.0. The van der Waals surface area contributed by atoms with Crippen LogP contribution in [0.25, 0.3) is 10.9 Å². The molecule has 1 heterocycles. The molecule has 0 amide bonds. The predicted octanol–water partition coefficient (Wildman–Crippen LogP) is 4.48. The normalized spacial score (nSPS) is 11.3. The third-order valence-corrected chi connectivity index (χ3v) is 6.84. The molecule has 0 aliphatic carbocycles. The minimum Gasteiger partial charge on any atom is -0.494 e. The van der Waals surface area contributed by atoms with Crippen LogP contribution >= 0.6 is 0 Å². The lowest BCUT2D eigenvalue weighted by atomic mass is 10.1. The third kappa shape index (κ3) is 5.11. The van der Waals surface area contributed by atoms with E-state index in [9.17, 15) is 18.0 Å². The molecular formula is C27H26N2O6S. The number of methoxy groups -OCH3 is 1. The number of benzene rings is 3. The van der Waals surface area contributed by atoms with Gasteiger partial charge in [0, 0.05) is 17.1 Å². The van der Waals surface area contributed by atoms with Gasteiger partial charge in [0.25, 0.3) is 5.91 Å². The molecule has 0 aliphatic heterocycles. The maximum absolute atomic E-state index is 13.3. The first-order valence-corrected chi connectivity index (χ1v) is 13.1. The van der Waals surface area contributed by atoms with Crippen molar-refractivity contribution in [3.8, 4) is 5.75 Å². The van der Waals surface area contributed by atoms with Gasteiger partial charge in [0.1, 0.15) is 5.75 Å². The Morgan fingerprint density at radius 2 is 1.61 bits per heavy atom. The quantitative estimate of drug-likeness (QED) is 0.327. The summed E-state index contributed by atoms with van der Waals surface area (Å²) < 4.78 is 38.0. The highest BCUT2D eigenvalue weighted by Gasteiger charge is 2.21. The van der Waals surface area contributed by atoms with Gasteiger partial charge in [0.15, 0.2) is 0 Å². The van der Waals surface area contributed by atoms with Gasteiger partial charge in [-0.15, -0.1) is 0 Å². The third-order valence-electron chi connectivity index (χ3n) is 5.70. The number of anilines is 1. The van der Waals surface area contributed by atoms with Gasteiger partial charge >= 0.3 is 5.97 Å². The fraction of sp³-hybridized carbons (Fsp3) is 0.185. The Morgan fingerprint density at radius 1 is 0.944 bits per heavy atom. The van der Waals surface area contributed by atoms with Gasteiger partial charge in [0.2, 0.25) is 10.0 Å². The van der Waals surface area contributed by atoms with Gasteiger partial charge in [-0.25, -0.2) is 13.2 Å². The molecule has 0 bridgehead atoms. The summed E-state index contributed by atoms with van der Waals surface area (Å²) in [5, 5.41) is 0.619. The Morgan fingerprint density at radius 3 is 2.22 bits per heavy atom. The molecule has 3 aromatic carbocycles. The molecule has 0 saturated heterocycles. The summed E-state index contributed by atoms with van der Waals surface area (Å²) in [5.41, 5.74) is 2.50. The number of esters is 1. The van der Waals surface area contributed by atoms with Gasteiger partial charge in [-0.1, -0.05) is 30.3 Å². The highest BCUT2D eigenvalue weighted by atomic mass is 32.2. The highest BCUT2D eigenvalue weighted by molar-refractivity contribution is 7.92. The Bertz CT molecular complexity index is 1510. The van der Waals surface area contributed by atoms with Crippen LogP contribution < -0.4 is 9.04 Å². The number of rotatable bonds is 8. The SMILES string of the molecule is CCOc1ccc(N(Cc2ccc(C(=O)n3cc(C(=O)OC)c4ccccc43)cc2)S(C)(=O)=O)cc1. The number of hydrogen-bond acceptors (Lipinski definition) is 6. The van der Waals surface area contributed by atoms with Crippen LogP contribution in [0.2, 0.25) is 0 Å². The summed E-state index contributed by atoms with van der Waals surface area (Å²) in [4.78, 5) is 25.5. The van der Waals surface area contributed by atoms with Crippen molar-refractivity contribution in [3.05, 3.63) is 95.7 Å². The van der Waals surface area contributed by atoms with Crippen molar-refractivity contribution in [2.24, 2.45) is 0 Å². The number of sulfonamides is 1. The first-order chi connectivity index (χ1) is 17.2. The molecule has 36 heavy (non-hydrogen) atoms. The van der Waals surface area contributed by atoms with Crippen LogP contribution in [-0.2, 0) is 21.3 Å². The lowest BCUT2D eigenvalue weighted by molar-refractivity contribution is 0.0603. The smallest absolute Gasteiger partial charge is 0.340 e. The van der Waals surface area contributed by atoms with Crippen molar-refractivity contribution < 1.29 is 27.5 Å². The fourth-order valence-electron chi connectivity index (χ4n) is 3.95. The van der Waals surface area contributed by atoms with E-state index in [1.807, 2.05) is 6.92 Å². The molecule has 0 saturated carbocycles. The van der Waals surface area contributed by atoms with Crippen LogP contribution in [0.5, 0.6) is 5.75 Å². The van der Waals surface area contributed by atoms with E-state index in [1.54, 1.807) is 72.8 Å². The number of carbonyl (C=O) groups is 2. The zero-order valence-corrected chi connectivity index (χ0v) is 21.0. The van der Waals surface area contributed by atoms with Crippen molar-refractivity contribution in [1.29, 1.82) is 0 Å². The summed E-state index contributed by atoms with van der Waals surface area (Å²) in [6.07, 6.45) is 2.63. The zero-order valence-electron chi connectivity index (χ0n) is 20.2. The van der Waals surface area contributed by atoms with Gasteiger partial charge in [-0.2, -0.15) is 0 Å². The van der Waals surface area contributed by atoms with Gasteiger partial charge < -0.3 is 9.47 Å². The number of carbonyl (C=O) groups excluding carboxylic acids is 2. The maximum Gasteiger partial charge on any atom is 0.340 e. The predicted molar refractivity (Wildman–Crippen MR) is 138 cm³/mol. The lowest BCUT2D eigenvalue weighted by Gasteiger charge is -2.23.